The molecule has 7 N–H and O–H groups in total. The topological polar surface area (TPSA) is 265 Å². The first-order chi connectivity index (χ1) is 42.3. The number of ether oxygens (including phenoxy) is 5. The van der Waals surface area contributed by atoms with Crippen molar-refractivity contribution >= 4 is 22.3 Å². The minimum Gasteiger partial charge on any atom is -0.455 e. The second-order valence-electron chi connectivity index (χ2n) is 29.0. The van der Waals surface area contributed by atoms with E-state index in [9.17, 15) is 53.2 Å². The van der Waals surface area contributed by atoms with Crippen LogP contribution in [-0.2, 0) is 47.9 Å². The van der Waals surface area contributed by atoms with Crippen molar-refractivity contribution in [3.05, 3.63) is 0 Å². The van der Waals surface area contributed by atoms with Gasteiger partial charge < -0.3 is 54.3 Å². The first-order valence-electron chi connectivity index (χ1n) is 36.3. The molecule has 0 aromatic carbocycles. The fourth-order valence-corrected chi connectivity index (χ4v) is 15.1. The predicted octanol–water partition coefficient (Wildman–Crippen LogP) is 14.7. The number of hydrogen-bond acceptors (Lipinski definition) is 16. The summed E-state index contributed by atoms with van der Waals surface area (Å²) in [5, 5.41) is 64.4. The number of carbonyl (C=O) groups is 2. The lowest BCUT2D eigenvalue weighted by Gasteiger charge is -2.46. The van der Waals surface area contributed by atoms with Crippen molar-refractivity contribution < 1.29 is 81.1 Å². The highest BCUT2D eigenvalue weighted by atomic mass is 32.3. The van der Waals surface area contributed by atoms with E-state index in [1.807, 2.05) is 0 Å². The molecular weight excluding hydrogens is 1160 g/mol. The maximum absolute atomic E-state index is 14.2. The largest absolute Gasteiger partial charge is 0.455 e. The maximum atomic E-state index is 14.2. The third-order valence-corrected chi connectivity index (χ3v) is 19.6. The quantitative estimate of drug-likeness (QED) is 0.0169. The fraction of sp³-hybridized carbons (Fsp3) is 0.972. The molecule has 0 saturated carbocycles. The van der Waals surface area contributed by atoms with Gasteiger partial charge in [-0.25, -0.2) is 4.18 Å². The minimum atomic E-state index is -5.33. The summed E-state index contributed by atoms with van der Waals surface area (Å²) >= 11 is 0. The Kier molecular flexibility index (Phi) is 45.2. The van der Waals surface area contributed by atoms with E-state index in [0.717, 1.165) is 64.2 Å². The van der Waals surface area contributed by atoms with Crippen LogP contribution in [0.5, 0.6) is 0 Å². The molecule has 2 heterocycles. The van der Waals surface area contributed by atoms with Gasteiger partial charge in [0.25, 0.3) is 0 Å². The molecule has 18 heteroatoms. The summed E-state index contributed by atoms with van der Waals surface area (Å²) in [5.41, 5.74) is 0. The summed E-state index contributed by atoms with van der Waals surface area (Å²) in [7, 11) is -5.33. The smallest absolute Gasteiger partial charge is 0.397 e. The van der Waals surface area contributed by atoms with Gasteiger partial charge in [0.15, 0.2) is 24.6 Å². The molecule has 0 aromatic heterocycles. The first kappa shape index (κ1) is 83.5. The molecule has 528 valence electrons. The summed E-state index contributed by atoms with van der Waals surface area (Å²) in [6.07, 6.45) is 22.1. The van der Waals surface area contributed by atoms with Crippen LogP contribution in [0, 0.1) is 53.3 Å². The Balaban J connectivity index is 1.96. The van der Waals surface area contributed by atoms with Crippen molar-refractivity contribution in [1.82, 2.24) is 0 Å². The number of esters is 2. The van der Waals surface area contributed by atoms with Crippen LogP contribution in [-0.4, -0.2) is 136 Å². The van der Waals surface area contributed by atoms with Crippen molar-refractivity contribution in [3.63, 3.8) is 0 Å². The van der Waals surface area contributed by atoms with Crippen molar-refractivity contribution in [2.75, 3.05) is 13.2 Å². The molecule has 2 saturated heterocycles. The summed E-state index contributed by atoms with van der Waals surface area (Å²) in [5.74, 6) is 1.49. The molecule has 89 heavy (non-hydrogen) atoms. The molecule has 2 aliphatic rings. The van der Waals surface area contributed by atoms with Gasteiger partial charge in [-0.2, -0.15) is 8.42 Å². The van der Waals surface area contributed by atoms with Crippen molar-refractivity contribution in [2.24, 2.45) is 53.3 Å². The van der Waals surface area contributed by atoms with Crippen LogP contribution in [0.25, 0.3) is 0 Å². The van der Waals surface area contributed by atoms with Crippen LogP contribution in [0.4, 0.5) is 0 Å². The van der Waals surface area contributed by atoms with E-state index < -0.39 is 103 Å². The van der Waals surface area contributed by atoms with Gasteiger partial charge in [-0.15, -0.1) is 0 Å². The molecular formula is C71H136O17S. The van der Waals surface area contributed by atoms with Gasteiger partial charge in [-0.3, -0.25) is 14.1 Å². The van der Waals surface area contributed by atoms with Gasteiger partial charge in [-0.1, -0.05) is 237 Å². The zero-order chi connectivity index (χ0) is 66.3. The number of rotatable bonds is 54. The molecule has 0 aromatic rings. The van der Waals surface area contributed by atoms with Crippen LogP contribution in [0.1, 0.15) is 307 Å². The zero-order valence-electron chi connectivity index (χ0n) is 58.0. The van der Waals surface area contributed by atoms with Crippen LogP contribution >= 0.6 is 0 Å². The molecule has 0 aliphatic carbocycles. The Morgan fingerprint density at radius 2 is 0.787 bits per heavy atom. The number of unbranched alkanes of at least 4 members (excludes halogenated alkanes) is 24. The highest BCUT2D eigenvalue weighted by Gasteiger charge is 2.55. The highest BCUT2D eigenvalue weighted by Crippen LogP contribution is 2.36. The van der Waals surface area contributed by atoms with Crippen LogP contribution < -0.4 is 0 Å². The number of carbonyl (C=O) groups excluding carboxylic acids is 2. The Morgan fingerprint density at radius 3 is 1.18 bits per heavy atom. The Morgan fingerprint density at radius 1 is 0.438 bits per heavy atom. The lowest BCUT2D eigenvalue weighted by molar-refractivity contribution is -0.374. The molecule has 0 radical (unpaired) electrons. The van der Waals surface area contributed by atoms with E-state index in [0.29, 0.717) is 54.3 Å². The second-order valence-corrected chi connectivity index (χ2v) is 30.0. The average molecular weight is 1290 g/mol. The zero-order valence-corrected chi connectivity index (χ0v) is 58.9. The van der Waals surface area contributed by atoms with Gasteiger partial charge in [0.2, 0.25) is 6.29 Å². The third-order valence-electron chi connectivity index (χ3n) is 19.1. The van der Waals surface area contributed by atoms with Gasteiger partial charge in [0.1, 0.15) is 30.5 Å². The SMILES string of the molecule is CCCCCCCCCCCCCCCC(=O)OC1C(O)C(CO)OC(OC2OC(CO)C(O)C(O)C2OS(=O)(=O)O)C1OC(=O)C(C)CC(C)CC(C)CC(C)CC(C)CC(C)CC(C)CC(C)CC(C)C(O)CCCCCCCCCCCCCCC. The average Bonchev–Trinajstić information content (AvgIpc) is 3.66. The molecule has 2 aliphatic heterocycles. The maximum Gasteiger partial charge on any atom is 0.397 e. The molecule has 20 unspecified atom stereocenters. The molecule has 2 fully saturated rings. The normalized spacial score (nSPS) is 26.0. The molecule has 0 bridgehead atoms. The van der Waals surface area contributed by atoms with E-state index in [-0.39, 0.29) is 18.4 Å². The van der Waals surface area contributed by atoms with Gasteiger partial charge in [0, 0.05) is 6.42 Å². The predicted molar refractivity (Wildman–Crippen MR) is 353 cm³/mol. The molecule has 20 atom stereocenters. The molecule has 17 nitrogen and oxygen atoms in total. The van der Waals surface area contributed by atoms with Gasteiger partial charge in [-0.05, 0) is 112 Å². The lowest BCUT2D eigenvalue weighted by atomic mass is 9.79. The van der Waals surface area contributed by atoms with Crippen molar-refractivity contribution in [2.45, 2.75) is 375 Å². The summed E-state index contributed by atoms with van der Waals surface area (Å²) in [4.78, 5) is 27.7. The van der Waals surface area contributed by atoms with E-state index in [4.69, 9.17) is 23.7 Å². The standard InChI is InChI=1S/C71H136O17S/c1-12-14-16-18-20-22-24-26-28-30-32-34-36-38-59(74)57(10)46-55(8)44-53(6)42-51(4)40-50(3)41-52(5)43-54(7)45-56(9)47-58(11)69(79)86-68-66(85-62(75)39-37-35-33-31-29-27-25-23-21-19-17-15-13-2)64(77)61(49-73)84-71(68)87-70-67(88-89(80,81)82)65(78)63(76)60(48-72)83-70/h50-61,63-68,70-74,76-78H,12-49H2,1-11H3,(H,80,81,82). The summed E-state index contributed by atoms with van der Waals surface area (Å²) < 4.78 is 67.6. The Bertz CT molecular complexity index is 1880. The lowest BCUT2D eigenvalue weighted by Crippen LogP contribution is -2.65. The fourth-order valence-electron chi connectivity index (χ4n) is 14.6. The van der Waals surface area contributed by atoms with Gasteiger partial charge >= 0.3 is 22.3 Å². The van der Waals surface area contributed by atoms with E-state index >= 15 is 0 Å². The number of aliphatic hydroxyl groups is 6. The van der Waals surface area contributed by atoms with Gasteiger partial charge in [0.05, 0.1) is 25.2 Å². The van der Waals surface area contributed by atoms with Crippen LogP contribution in [0.15, 0.2) is 0 Å². The van der Waals surface area contributed by atoms with E-state index in [1.54, 1.807) is 6.92 Å². The Hall–Kier alpha value is -1.55. The Labute approximate surface area is 542 Å². The van der Waals surface area contributed by atoms with Crippen LogP contribution in [0.3, 0.4) is 0 Å². The van der Waals surface area contributed by atoms with E-state index in [2.05, 4.69) is 73.4 Å². The van der Waals surface area contributed by atoms with Crippen molar-refractivity contribution in [3.8, 4) is 0 Å². The molecule has 0 spiro atoms. The summed E-state index contributed by atoms with van der Waals surface area (Å²) in [6, 6.07) is 0. The summed E-state index contributed by atoms with van der Waals surface area (Å²) in [6.45, 7) is 22.9. The molecule has 0 amide bonds. The minimum absolute atomic E-state index is 0.0236. The highest BCUT2D eigenvalue weighted by molar-refractivity contribution is 7.80. The number of hydrogen-bond donors (Lipinski definition) is 7. The monoisotopic (exact) mass is 1290 g/mol. The van der Waals surface area contributed by atoms with E-state index in [1.165, 1.54) is 148 Å². The number of aliphatic hydroxyl groups excluding tert-OH is 6. The van der Waals surface area contributed by atoms with Crippen molar-refractivity contribution in [1.29, 1.82) is 0 Å². The van der Waals surface area contributed by atoms with Crippen LogP contribution in [0.2, 0.25) is 0 Å². The second kappa shape index (κ2) is 48.2. The third kappa shape index (κ3) is 36.8. The molecule has 2 rings (SSSR count). The first-order valence-corrected chi connectivity index (χ1v) is 37.7.